The Kier molecular flexibility index (Phi) is 6.67. The van der Waals surface area contributed by atoms with Gasteiger partial charge in [-0.05, 0) is 48.4 Å². The van der Waals surface area contributed by atoms with E-state index >= 15 is 0 Å². The summed E-state index contributed by atoms with van der Waals surface area (Å²) in [4.78, 5) is 28.4. The molecule has 152 valence electrons. The number of amides is 2. The van der Waals surface area contributed by atoms with Gasteiger partial charge in [-0.15, -0.1) is 0 Å². The smallest absolute Gasteiger partial charge is 0.255 e. The van der Waals surface area contributed by atoms with Crippen LogP contribution in [0.1, 0.15) is 21.5 Å². The molecule has 29 heavy (non-hydrogen) atoms. The van der Waals surface area contributed by atoms with Crippen LogP contribution in [0.2, 0.25) is 0 Å². The maximum absolute atomic E-state index is 12.6. The highest BCUT2D eigenvalue weighted by Gasteiger charge is 2.19. The Morgan fingerprint density at radius 3 is 2.59 bits per heavy atom. The summed E-state index contributed by atoms with van der Waals surface area (Å²) in [5.74, 6) is 0.513. The van der Waals surface area contributed by atoms with Gasteiger partial charge in [0, 0.05) is 44.0 Å². The summed E-state index contributed by atoms with van der Waals surface area (Å²) in [6, 6.07) is 13.3. The molecule has 1 heterocycles. The molecule has 0 spiro atoms. The second-order valence-corrected chi connectivity index (χ2v) is 7.14. The monoisotopic (exact) mass is 393 g/mol. The summed E-state index contributed by atoms with van der Waals surface area (Å²) >= 11 is 0. The predicted octanol–water partition coefficient (Wildman–Crippen LogP) is 3.09. The van der Waals surface area contributed by atoms with Gasteiger partial charge in [-0.2, -0.15) is 0 Å². The number of nitrogens with zero attached hydrogens (tertiary/aromatic N) is 2. The molecular weight excluding hydrogens is 366 g/mol. The van der Waals surface area contributed by atoms with E-state index in [-0.39, 0.29) is 11.8 Å². The van der Waals surface area contributed by atoms with Gasteiger partial charge in [-0.25, -0.2) is 0 Å². The number of carbonyl (C=O) groups is 2. The maximum Gasteiger partial charge on any atom is 0.255 e. The topological polar surface area (TPSA) is 61.9 Å². The highest BCUT2D eigenvalue weighted by Crippen LogP contribution is 2.20. The van der Waals surface area contributed by atoms with Gasteiger partial charge in [0.05, 0.1) is 7.11 Å². The first kappa shape index (κ1) is 20.6. The Bertz CT molecular complexity index is 902. The number of rotatable bonds is 6. The molecule has 0 saturated carbocycles. The number of benzene rings is 2. The van der Waals surface area contributed by atoms with Crippen LogP contribution >= 0.6 is 0 Å². The van der Waals surface area contributed by atoms with Crippen LogP contribution in [0, 0.1) is 6.92 Å². The minimum Gasteiger partial charge on any atom is -0.496 e. The Morgan fingerprint density at radius 1 is 1.14 bits per heavy atom. The second-order valence-electron chi connectivity index (χ2n) is 7.14. The quantitative estimate of drug-likeness (QED) is 0.766. The molecule has 1 aliphatic heterocycles. The van der Waals surface area contributed by atoms with Crippen molar-refractivity contribution in [2.75, 3.05) is 38.6 Å². The van der Waals surface area contributed by atoms with E-state index in [1.165, 1.54) is 6.08 Å². The van der Waals surface area contributed by atoms with Gasteiger partial charge in [-0.3, -0.25) is 14.5 Å². The fraction of sp³-hybridized carbons (Fsp3) is 0.304. The fourth-order valence-electron chi connectivity index (χ4n) is 3.43. The number of hydrogen-bond acceptors (Lipinski definition) is 4. The third-order valence-electron chi connectivity index (χ3n) is 5.12. The van der Waals surface area contributed by atoms with E-state index in [4.69, 9.17) is 4.74 Å². The minimum atomic E-state index is -0.169. The number of methoxy groups -OCH3 is 1. The number of nitrogens with one attached hydrogen (secondary N) is 1. The SMILES string of the molecule is C=CC(=O)N1CCN(Cc2cccc(NC(=O)c3ccc(C)c(OC)c3)c2)CC1. The van der Waals surface area contributed by atoms with Crippen molar-refractivity contribution >= 4 is 17.5 Å². The largest absolute Gasteiger partial charge is 0.496 e. The first-order chi connectivity index (χ1) is 14.0. The molecule has 0 radical (unpaired) electrons. The number of hydrogen-bond donors (Lipinski definition) is 1. The summed E-state index contributed by atoms with van der Waals surface area (Å²) in [6.07, 6.45) is 1.37. The lowest BCUT2D eigenvalue weighted by Crippen LogP contribution is -2.47. The van der Waals surface area contributed by atoms with Crippen LogP contribution in [0.4, 0.5) is 5.69 Å². The molecular formula is C23H27N3O3. The van der Waals surface area contributed by atoms with Crippen LogP contribution < -0.4 is 10.1 Å². The van der Waals surface area contributed by atoms with Crippen molar-refractivity contribution < 1.29 is 14.3 Å². The third-order valence-corrected chi connectivity index (χ3v) is 5.12. The Morgan fingerprint density at radius 2 is 1.90 bits per heavy atom. The van der Waals surface area contributed by atoms with E-state index in [1.807, 2.05) is 42.2 Å². The first-order valence-corrected chi connectivity index (χ1v) is 9.69. The van der Waals surface area contributed by atoms with E-state index in [0.29, 0.717) is 24.4 Å². The summed E-state index contributed by atoms with van der Waals surface area (Å²) in [7, 11) is 1.60. The van der Waals surface area contributed by atoms with Gasteiger partial charge >= 0.3 is 0 Å². The molecule has 1 fully saturated rings. The zero-order valence-electron chi connectivity index (χ0n) is 17.0. The Labute approximate surface area is 171 Å². The van der Waals surface area contributed by atoms with Crippen LogP contribution in [0.5, 0.6) is 5.75 Å². The summed E-state index contributed by atoms with van der Waals surface area (Å²) in [5.41, 5.74) is 3.42. The number of anilines is 1. The van der Waals surface area contributed by atoms with E-state index < -0.39 is 0 Å². The van der Waals surface area contributed by atoms with Gasteiger partial charge in [0.1, 0.15) is 5.75 Å². The lowest BCUT2D eigenvalue weighted by molar-refractivity contribution is -0.127. The van der Waals surface area contributed by atoms with Crippen molar-refractivity contribution in [2.45, 2.75) is 13.5 Å². The molecule has 6 nitrogen and oxygen atoms in total. The molecule has 2 amide bonds. The molecule has 3 rings (SSSR count). The lowest BCUT2D eigenvalue weighted by atomic mass is 10.1. The molecule has 2 aromatic rings. The molecule has 0 bridgehead atoms. The Balaban J connectivity index is 1.60. The molecule has 0 atom stereocenters. The maximum atomic E-state index is 12.6. The minimum absolute atomic E-state index is 0.0119. The van der Waals surface area contributed by atoms with E-state index in [2.05, 4.69) is 16.8 Å². The standard InChI is InChI=1S/C23H27N3O3/c1-4-22(27)26-12-10-25(11-13-26)16-18-6-5-7-20(14-18)24-23(28)19-9-8-17(2)21(15-19)29-3/h4-9,14-15H,1,10-13,16H2,2-3H3,(H,24,28). The number of aryl methyl sites for hydroxylation is 1. The molecule has 1 saturated heterocycles. The van der Waals surface area contributed by atoms with Crippen LogP contribution in [-0.2, 0) is 11.3 Å². The highest BCUT2D eigenvalue weighted by molar-refractivity contribution is 6.04. The molecule has 0 aliphatic carbocycles. The van der Waals surface area contributed by atoms with Crippen molar-refractivity contribution in [1.29, 1.82) is 0 Å². The fourth-order valence-corrected chi connectivity index (χ4v) is 3.43. The molecule has 0 aromatic heterocycles. The Hall–Kier alpha value is -3.12. The van der Waals surface area contributed by atoms with Gasteiger partial charge in [0.2, 0.25) is 5.91 Å². The zero-order chi connectivity index (χ0) is 20.8. The van der Waals surface area contributed by atoms with Gasteiger partial charge in [-0.1, -0.05) is 24.8 Å². The van der Waals surface area contributed by atoms with E-state index in [0.717, 1.165) is 36.4 Å². The molecule has 1 aliphatic rings. The first-order valence-electron chi connectivity index (χ1n) is 9.69. The van der Waals surface area contributed by atoms with Crippen molar-refractivity contribution in [3.05, 3.63) is 71.8 Å². The second kappa shape index (κ2) is 9.39. The molecule has 6 heteroatoms. The summed E-state index contributed by atoms with van der Waals surface area (Å²) in [6.45, 7) is 9.31. The number of piperazine rings is 1. The van der Waals surface area contributed by atoms with Crippen molar-refractivity contribution in [1.82, 2.24) is 9.80 Å². The van der Waals surface area contributed by atoms with E-state index in [1.54, 1.807) is 19.2 Å². The lowest BCUT2D eigenvalue weighted by Gasteiger charge is -2.34. The van der Waals surface area contributed by atoms with Gasteiger partial charge < -0.3 is 15.0 Å². The van der Waals surface area contributed by atoms with E-state index in [9.17, 15) is 9.59 Å². The molecule has 1 N–H and O–H groups in total. The average molecular weight is 393 g/mol. The zero-order valence-corrected chi connectivity index (χ0v) is 17.0. The predicted molar refractivity (Wildman–Crippen MR) is 114 cm³/mol. The highest BCUT2D eigenvalue weighted by atomic mass is 16.5. The van der Waals surface area contributed by atoms with Crippen LogP contribution in [-0.4, -0.2) is 54.9 Å². The average Bonchev–Trinajstić information content (AvgIpc) is 2.74. The van der Waals surface area contributed by atoms with Crippen LogP contribution in [0.25, 0.3) is 0 Å². The number of ether oxygens (including phenoxy) is 1. The van der Waals surface area contributed by atoms with Crippen LogP contribution in [0.15, 0.2) is 55.1 Å². The van der Waals surface area contributed by atoms with Crippen molar-refractivity contribution in [2.24, 2.45) is 0 Å². The van der Waals surface area contributed by atoms with Crippen LogP contribution in [0.3, 0.4) is 0 Å². The molecule has 2 aromatic carbocycles. The van der Waals surface area contributed by atoms with Gasteiger partial charge in [0.15, 0.2) is 0 Å². The molecule has 0 unspecified atom stereocenters. The van der Waals surface area contributed by atoms with Gasteiger partial charge in [0.25, 0.3) is 5.91 Å². The summed E-state index contributed by atoms with van der Waals surface area (Å²) < 4.78 is 5.30. The third kappa shape index (κ3) is 5.23. The summed E-state index contributed by atoms with van der Waals surface area (Å²) in [5, 5.41) is 2.96. The van der Waals surface area contributed by atoms with Crippen molar-refractivity contribution in [3.8, 4) is 5.75 Å². The number of carbonyl (C=O) groups excluding carboxylic acids is 2. The van der Waals surface area contributed by atoms with Crippen molar-refractivity contribution in [3.63, 3.8) is 0 Å². The normalized spacial score (nSPS) is 14.3.